The Balaban J connectivity index is 1.68. The summed E-state index contributed by atoms with van der Waals surface area (Å²) in [6, 6.07) is 11.6. The molecule has 1 fully saturated rings. The number of carbonyl (C=O) groups excluding carboxylic acids is 3. The molecular formula is C29H28N2O7. The number of rotatable bonds is 4. The summed E-state index contributed by atoms with van der Waals surface area (Å²) >= 11 is 0. The number of phenolic OH excluding ortho intramolecular Hbond substituents is 1. The van der Waals surface area contributed by atoms with Gasteiger partial charge in [0.15, 0.2) is 11.4 Å². The van der Waals surface area contributed by atoms with Gasteiger partial charge < -0.3 is 26.2 Å². The van der Waals surface area contributed by atoms with Crippen LogP contribution in [0.1, 0.15) is 28.7 Å². The molecule has 9 nitrogen and oxygen atoms in total. The van der Waals surface area contributed by atoms with Crippen molar-refractivity contribution in [2.24, 2.45) is 17.6 Å². The second-order valence-electron chi connectivity index (χ2n) is 10.2. The van der Waals surface area contributed by atoms with Gasteiger partial charge in [-0.25, -0.2) is 0 Å². The minimum atomic E-state index is -2.65. The number of phenols is 1. The average molecular weight is 517 g/mol. The highest BCUT2D eigenvalue weighted by molar-refractivity contribution is 6.24. The van der Waals surface area contributed by atoms with E-state index in [9.17, 15) is 34.8 Å². The van der Waals surface area contributed by atoms with Gasteiger partial charge in [0.25, 0.3) is 5.91 Å². The molecule has 2 aromatic carbocycles. The molecular weight excluding hydrogens is 488 g/mol. The summed E-state index contributed by atoms with van der Waals surface area (Å²) in [5.41, 5.74) is 4.05. The van der Waals surface area contributed by atoms with E-state index in [-0.39, 0.29) is 29.7 Å². The maximum atomic E-state index is 13.9. The average Bonchev–Trinajstić information content (AvgIpc) is 2.86. The number of aliphatic hydroxyl groups excluding tert-OH is 2. The van der Waals surface area contributed by atoms with E-state index in [0.29, 0.717) is 5.56 Å². The number of primary amides is 1. The number of Topliss-reactive ketones (excluding diaryl/α,β-unsaturated/α-hetero) is 2. The third-order valence-corrected chi connectivity index (χ3v) is 7.90. The van der Waals surface area contributed by atoms with Crippen LogP contribution < -0.4 is 5.73 Å². The maximum Gasteiger partial charge on any atom is 0.255 e. The van der Waals surface area contributed by atoms with Crippen LogP contribution in [0.3, 0.4) is 0 Å². The SMILES string of the molecule is CN(C)C1C(=O)C(C(N)=O)=C(O)C2(O)C(=O)C3=C(O)c4c(O)ccc(/C=C/c5ccccc5)c4CC3CC12. The van der Waals surface area contributed by atoms with E-state index in [4.69, 9.17) is 5.73 Å². The Labute approximate surface area is 218 Å². The fraction of sp³-hybridized carbons (Fsp3) is 0.276. The highest BCUT2D eigenvalue weighted by Gasteiger charge is 2.64. The normalized spacial score (nSPS) is 27.0. The highest BCUT2D eigenvalue weighted by atomic mass is 16.3. The van der Waals surface area contributed by atoms with Crippen molar-refractivity contribution in [2.45, 2.75) is 24.5 Å². The first-order chi connectivity index (χ1) is 18.0. The molecule has 6 N–H and O–H groups in total. The Morgan fingerprint density at radius 3 is 2.37 bits per heavy atom. The van der Waals surface area contributed by atoms with Crippen LogP contribution in [0.2, 0.25) is 0 Å². The van der Waals surface area contributed by atoms with Gasteiger partial charge in [-0.05, 0) is 55.6 Å². The van der Waals surface area contributed by atoms with Crippen LogP contribution >= 0.6 is 0 Å². The molecule has 0 spiro atoms. The molecule has 0 heterocycles. The second-order valence-corrected chi connectivity index (χ2v) is 10.2. The lowest BCUT2D eigenvalue weighted by molar-refractivity contribution is -0.153. The fourth-order valence-electron chi connectivity index (χ4n) is 6.17. The van der Waals surface area contributed by atoms with Gasteiger partial charge in [0.05, 0.1) is 11.6 Å². The molecule has 0 aliphatic heterocycles. The number of aliphatic hydroxyl groups is 3. The number of aromatic hydroxyl groups is 1. The Morgan fingerprint density at radius 2 is 1.74 bits per heavy atom. The van der Waals surface area contributed by atoms with Gasteiger partial charge >= 0.3 is 0 Å². The zero-order valence-corrected chi connectivity index (χ0v) is 20.9. The monoisotopic (exact) mass is 516 g/mol. The molecule has 3 aliphatic carbocycles. The number of nitrogens with zero attached hydrogens (tertiary/aromatic N) is 1. The molecule has 0 saturated heterocycles. The van der Waals surface area contributed by atoms with Gasteiger partial charge in [0.1, 0.15) is 22.8 Å². The summed E-state index contributed by atoms with van der Waals surface area (Å²) in [6.07, 6.45) is 4.03. The fourth-order valence-corrected chi connectivity index (χ4v) is 6.17. The van der Waals surface area contributed by atoms with E-state index < -0.39 is 58.0 Å². The molecule has 4 atom stereocenters. The van der Waals surface area contributed by atoms with Crippen LogP contribution in [0, 0.1) is 11.8 Å². The molecule has 9 heteroatoms. The van der Waals surface area contributed by atoms with Crippen molar-refractivity contribution in [2.75, 3.05) is 14.1 Å². The molecule has 5 rings (SSSR count). The molecule has 0 aromatic heterocycles. The lowest BCUT2D eigenvalue weighted by Crippen LogP contribution is -2.65. The number of fused-ring (bicyclic) bond motifs is 3. The van der Waals surface area contributed by atoms with Gasteiger partial charge in [-0.1, -0.05) is 48.6 Å². The summed E-state index contributed by atoms with van der Waals surface area (Å²) in [7, 11) is 3.13. The van der Waals surface area contributed by atoms with Gasteiger partial charge in [-0.2, -0.15) is 0 Å². The lowest BCUT2D eigenvalue weighted by Gasteiger charge is -2.50. The van der Waals surface area contributed by atoms with Crippen molar-refractivity contribution in [3.8, 4) is 5.75 Å². The molecule has 4 unspecified atom stereocenters. The number of likely N-dealkylation sites (N-methyl/N-ethyl adjacent to an activating group) is 1. The summed E-state index contributed by atoms with van der Waals surface area (Å²) < 4.78 is 0. The molecule has 2 aromatic rings. The molecule has 1 amide bonds. The highest BCUT2D eigenvalue weighted by Crippen LogP contribution is 2.53. The summed E-state index contributed by atoms with van der Waals surface area (Å²) in [4.78, 5) is 40.6. The minimum absolute atomic E-state index is 0.0449. The van der Waals surface area contributed by atoms with Gasteiger partial charge in [0.2, 0.25) is 5.78 Å². The third-order valence-electron chi connectivity index (χ3n) is 7.90. The number of nitrogens with two attached hydrogens (primary N) is 1. The Kier molecular flexibility index (Phi) is 6.00. The molecule has 0 bridgehead atoms. The van der Waals surface area contributed by atoms with Crippen molar-refractivity contribution in [3.05, 3.63) is 81.6 Å². The Hall–Kier alpha value is -4.21. The van der Waals surface area contributed by atoms with Gasteiger partial charge in [-0.3, -0.25) is 19.3 Å². The summed E-state index contributed by atoms with van der Waals surface area (Å²) in [5.74, 6) is -6.65. The van der Waals surface area contributed by atoms with Crippen molar-refractivity contribution < 1.29 is 34.8 Å². The topological polar surface area (TPSA) is 161 Å². The zero-order valence-electron chi connectivity index (χ0n) is 20.9. The van der Waals surface area contributed by atoms with Crippen molar-refractivity contribution in [3.63, 3.8) is 0 Å². The quantitative estimate of drug-likeness (QED) is 0.305. The van der Waals surface area contributed by atoms with Crippen LogP contribution in [0.5, 0.6) is 5.75 Å². The molecule has 196 valence electrons. The van der Waals surface area contributed by atoms with E-state index in [1.54, 1.807) is 20.2 Å². The summed E-state index contributed by atoms with van der Waals surface area (Å²) in [6.45, 7) is 0. The molecule has 38 heavy (non-hydrogen) atoms. The van der Waals surface area contributed by atoms with Gasteiger partial charge in [0, 0.05) is 11.5 Å². The standard InChI is InChI=1S/C29H28N2O7/c1-31(2)23-18-13-16-12-17-15(9-8-14-6-4-3-5-7-14)10-11-19(32)21(17)24(33)20(16)26(35)29(18,38)27(36)22(25(23)34)28(30)37/h3-11,16,18,23,32-33,36,38H,12-13H2,1-2H3,(H2,30,37)/b9-8+. The van der Waals surface area contributed by atoms with E-state index in [2.05, 4.69) is 0 Å². The largest absolute Gasteiger partial charge is 0.508 e. The number of carbonyl (C=O) groups is 3. The number of ketones is 2. The van der Waals surface area contributed by atoms with E-state index in [1.807, 2.05) is 42.5 Å². The van der Waals surface area contributed by atoms with E-state index >= 15 is 0 Å². The zero-order chi connectivity index (χ0) is 27.5. The number of benzene rings is 2. The van der Waals surface area contributed by atoms with Crippen LogP contribution in [0.25, 0.3) is 17.9 Å². The van der Waals surface area contributed by atoms with Crippen LogP contribution in [0.15, 0.2) is 59.4 Å². The first kappa shape index (κ1) is 25.4. The lowest BCUT2D eigenvalue weighted by atomic mass is 9.57. The van der Waals surface area contributed by atoms with Gasteiger partial charge in [-0.15, -0.1) is 0 Å². The van der Waals surface area contributed by atoms with E-state index in [0.717, 1.165) is 11.1 Å². The number of hydrogen-bond donors (Lipinski definition) is 5. The van der Waals surface area contributed by atoms with Crippen LogP contribution in [0.4, 0.5) is 0 Å². The van der Waals surface area contributed by atoms with Crippen molar-refractivity contribution in [1.82, 2.24) is 4.90 Å². The van der Waals surface area contributed by atoms with E-state index in [1.165, 1.54) is 11.0 Å². The third kappa shape index (κ3) is 3.58. The first-order valence-corrected chi connectivity index (χ1v) is 12.2. The molecule has 3 aliphatic rings. The predicted octanol–water partition coefficient (Wildman–Crippen LogP) is 2.13. The van der Waals surface area contributed by atoms with Crippen LogP contribution in [-0.2, 0) is 20.8 Å². The molecule has 0 radical (unpaired) electrons. The minimum Gasteiger partial charge on any atom is -0.508 e. The summed E-state index contributed by atoms with van der Waals surface area (Å²) in [5, 5.41) is 44.5. The van der Waals surface area contributed by atoms with Crippen molar-refractivity contribution in [1.29, 1.82) is 0 Å². The Bertz CT molecular complexity index is 1470. The smallest absolute Gasteiger partial charge is 0.255 e. The number of hydrogen-bond acceptors (Lipinski definition) is 8. The first-order valence-electron chi connectivity index (χ1n) is 12.2. The molecule has 1 saturated carbocycles. The number of amides is 1. The maximum absolute atomic E-state index is 13.9. The predicted molar refractivity (Wildman–Crippen MR) is 140 cm³/mol. The van der Waals surface area contributed by atoms with Crippen LogP contribution in [-0.4, -0.2) is 68.5 Å². The second kappa shape index (κ2) is 8.97. The van der Waals surface area contributed by atoms with Crippen molar-refractivity contribution >= 4 is 35.4 Å². The Morgan fingerprint density at radius 1 is 1.05 bits per heavy atom.